The van der Waals surface area contributed by atoms with Crippen molar-refractivity contribution in [2.24, 2.45) is 7.05 Å². The largest absolute Gasteiger partial charge is 0.454 e. The number of halogens is 1. The van der Waals surface area contributed by atoms with Crippen molar-refractivity contribution < 1.29 is 14.6 Å². The smallest absolute Gasteiger partial charge is 0.231 e. The maximum atomic E-state index is 10.2. The molecule has 94 valence electrons. The van der Waals surface area contributed by atoms with E-state index in [1.165, 1.54) is 0 Å². The van der Waals surface area contributed by atoms with Gasteiger partial charge < -0.3 is 19.1 Å². The number of aryl methyl sites for hydroxylation is 1. The minimum Gasteiger partial charge on any atom is -0.454 e. The molecule has 0 radical (unpaired) electrons. The predicted octanol–water partition coefficient (Wildman–Crippen LogP) is 1.88. The fourth-order valence-electron chi connectivity index (χ4n) is 1.89. The number of hydrogen-bond acceptors (Lipinski definition) is 4. The molecule has 1 aromatic heterocycles. The molecule has 18 heavy (non-hydrogen) atoms. The van der Waals surface area contributed by atoms with E-state index >= 15 is 0 Å². The molecule has 1 atom stereocenters. The topological polar surface area (TPSA) is 56.5 Å². The second kappa shape index (κ2) is 4.19. The summed E-state index contributed by atoms with van der Waals surface area (Å²) in [5.74, 6) is 1.07. The van der Waals surface area contributed by atoms with E-state index in [-0.39, 0.29) is 6.79 Å². The Morgan fingerprint density at radius 3 is 3.00 bits per heavy atom. The molecule has 1 aromatic carbocycles. The second-order valence-electron chi connectivity index (χ2n) is 4.10. The zero-order valence-electron chi connectivity index (χ0n) is 9.63. The highest BCUT2D eigenvalue weighted by Crippen LogP contribution is 2.41. The average Bonchev–Trinajstić information content (AvgIpc) is 2.96. The highest BCUT2D eigenvalue weighted by Gasteiger charge is 2.22. The standard InChI is InChI=1S/C12H11ClN2O3/c1-15-4-9(14-5-15)11(16)7-2-8(13)12-10(3-7)17-6-18-12/h2-5,11,16H,6H2,1H3. The minimum atomic E-state index is -0.835. The van der Waals surface area contributed by atoms with Crippen LogP contribution in [-0.2, 0) is 7.05 Å². The second-order valence-corrected chi connectivity index (χ2v) is 4.51. The molecule has 3 rings (SSSR count). The number of benzene rings is 1. The fourth-order valence-corrected chi connectivity index (χ4v) is 2.16. The number of aliphatic hydroxyl groups excluding tert-OH is 1. The van der Waals surface area contributed by atoms with Gasteiger partial charge in [-0.1, -0.05) is 11.6 Å². The van der Waals surface area contributed by atoms with E-state index in [1.54, 1.807) is 29.2 Å². The number of aromatic nitrogens is 2. The van der Waals surface area contributed by atoms with Crippen molar-refractivity contribution in [3.05, 3.63) is 40.9 Å². The summed E-state index contributed by atoms with van der Waals surface area (Å²) in [7, 11) is 1.84. The van der Waals surface area contributed by atoms with E-state index in [2.05, 4.69) is 4.98 Å². The van der Waals surface area contributed by atoms with E-state index in [0.29, 0.717) is 27.8 Å². The summed E-state index contributed by atoms with van der Waals surface area (Å²) in [4.78, 5) is 4.11. The molecule has 6 heteroatoms. The van der Waals surface area contributed by atoms with Gasteiger partial charge in [0.15, 0.2) is 11.5 Å². The van der Waals surface area contributed by atoms with Crippen LogP contribution < -0.4 is 9.47 Å². The van der Waals surface area contributed by atoms with Gasteiger partial charge in [0.2, 0.25) is 6.79 Å². The fraction of sp³-hybridized carbons (Fsp3) is 0.250. The molecule has 5 nitrogen and oxygen atoms in total. The Kier molecular flexibility index (Phi) is 2.65. The first-order chi connectivity index (χ1) is 8.65. The Bertz CT molecular complexity index is 597. The van der Waals surface area contributed by atoms with Crippen LogP contribution in [0.3, 0.4) is 0 Å². The van der Waals surface area contributed by atoms with Crippen LogP contribution in [0, 0.1) is 0 Å². The summed E-state index contributed by atoms with van der Waals surface area (Å²) in [6.07, 6.45) is 2.55. The molecule has 0 saturated heterocycles. The van der Waals surface area contributed by atoms with Crippen LogP contribution in [0.25, 0.3) is 0 Å². The van der Waals surface area contributed by atoms with Gasteiger partial charge in [0.1, 0.15) is 6.10 Å². The first-order valence-corrected chi connectivity index (χ1v) is 5.78. The average molecular weight is 267 g/mol. The summed E-state index contributed by atoms with van der Waals surface area (Å²) < 4.78 is 12.3. The summed E-state index contributed by atoms with van der Waals surface area (Å²) in [6, 6.07) is 3.38. The van der Waals surface area contributed by atoms with Crippen LogP contribution in [0.4, 0.5) is 0 Å². The molecule has 1 aliphatic rings. The van der Waals surface area contributed by atoms with Gasteiger partial charge in [-0.3, -0.25) is 0 Å². The van der Waals surface area contributed by atoms with Crippen LogP contribution in [0.15, 0.2) is 24.7 Å². The number of fused-ring (bicyclic) bond motifs is 1. The van der Waals surface area contributed by atoms with Crippen molar-refractivity contribution >= 4 is 11.6 Å². The molecule has 0 aliphatic carbocycles. The molecule has 0 bridgehead atoms. The van der Waals surface area contributed by atoms with Crippen LogP contribution in [0.2, 0.25) is 5.02 Å². The molecule has 1 aliphatic heterocycles. The first kappa shape index (κ1) is 11.4. The monoisotopic (exact) mass is 266 g/mol. The zero-order chi connectivity index (χ0) is 12.7. The van der Waals surface area contributed by atoms with Crippen LogP contribution in [0.5, 0.6) is 11.5 Å². The third-order valence-electron chi connectivity index (χ3n) is 2.77. The number of nitrogens with zero attached hydrogens (tertiary/aromatic N) is 2. The zero-order valence-corrected chi connectivity index (χ0v) is 10.4. The summed E-state index contributed by atoms with van der Waals surface area (Å²) in [5.41, 5.74) is 1.19. The van der Waals surface area contributed by atoms with Gasteiger partial charge in [0.25, 0.3) is 0 Å². The molecule has 1 N–H and O–H groups in total. The van der Waals surface area contributed by atoms with E-state index in [4.69, 9.17) is 21.1 Å². The molecule has 1 unspecified atom stereocenters. The SMILES string of the molecule is Cn1cnc(C(O)c2cc(Cl)c3c(c2)OCO3)c1. The van der Waals surface area contributed by atoms with E-state index in [1.807, 2.05) is 7.05 Å². The maximum absolute atomic E-state index is 10.2. The molecule has 0 saturated carbocycles. The molecule has 2 aromatic rings. The number of rotatable bonds is 2. The molecule has 0 amide bonds. The highest BCUT2D eigenvalue weighted by atomic mass is 35.5. The molecule has 2 heterocycles. The number of hydrogen-bond donors (Lipinski definition) is 1. The minimum absolute atomic E-state index is 0.151. The Morgan fingerprint density at radius 2 is 2.28 bits per heavy atom. The lowest BCUT2D eigenvalue weighted by molar-refractivity contribution is 0.173. The van der Waals surface area contributed by atoms with E-state index < -0.39 is 6.10 Å². The van der Waals surface area contributed by atoms with Crippen molar-refractivity contribution in [2.75, 3.05) is 6.79 Å². The molecule has 0 fully saturated rings. The molecule has 0 spiro atoms. The van der Waals surface area contributed by atoms with Gasteiger partial charge in [-0.05, 0) is 17.7 Å². The number of ether oxygens (including phenoxy) is 2. The first-order valence-electron chi connectivity index (χ1n) is 5.40. The van der Waals surface area contributed by atoms with Crippen molar-refractivity contribution in [1.82, 2.24) is 9.55 Å². The van der Waals surface area contributed by atoms with Gasteiger partial charge in [0, 0.05) is 13.2 Å². The summed E-state index contributed by atoms with van der Waals surface area (Å²) in [6.45, 7) is 0.151. The number of aliphatic hydroxyl groups is 1. The van der Waals surface area contributed by atoms with E-state index in [9.17, 15) is 5.11 Å². The van der Waals surface area contributed by atoms with E-state index in [0.717, 1.165) is 0 Å². The van der Waals surface area contributed by atoms with Crippen molar-refractivity contribution in [2.45, 2.75) is 6.10 Å². The predicted molar refractivity (Wildman–Crippen MR) is 64.8 cm³/mol. The van der Waals surface area contributed by atoms with Crippen molar-refractivity contribution in [3.63, 3.8) is 0 Å². The van der Waals surface area contributed by atoms with Crippen molar-refractivity contribution in [1.29, 1.82) is 0 Å². The Labute approximate surface area is 109 Å². The number of imidazole rings is 1. The molecular weight excluding hydrogens is 256 g/mol. The van der Waals surface area contributed by atoms with Gasteiger partial charge in [-0.15, -0.1) is 0 Å². The lowest BCUT2D eigenvalue weighted by Crippen LogP contribution is -2.00. The lowest BCUT2D eigenvalue weighted by atomic mass is 10.1. The van der Waals surface area contributed by atoms with Crippen LogP contribution in [-0.4, -0.2) is 21.5 Å². The van der Waals surface area contributed by atoms with Gasteiger partial charge in [-0.2, -0.15) is 0 Å². The summed E-state index contributed by atoms with van der Waals surface area (Å²) >= 11 is 6.07. The van der Waals surface area contributed by atoms with Gasteiger partial charge in [-0.25, -0.2) is 4.98 Å². The Morgan fingerprint density at radius 1 is 1.44 bits per heavy atom. The summed E-state index contributed by atoms with van der Waals surface area (Å²) in [5, 5.41) is 10.7. The highest BCUT2D eigenvalue weighted by molar-refractivity contribution is 6.32. The third kappa shape index (κ3) is 1.81. The van der Waals surface area contributed by atoms with Crippen LogP contribution in [0.1, 0.15) is 17.4 Å². The maximum Gasteiger partial charge on any atom is 0.231 e. The quantitative estimate of drug-likeness (QED) is 0.902. The van der Waals surface area contributed by atoms with Gasteiger partial charge in [0.05, 0.1) is 17.0 Å². The van der Waals surface area contributed by atoms with Crippen LogP contribution >= 0.6 is 11.6 Å². The Hall–Kier alpha value is -1.72. The third-order valence-corrected chi connectivity index (χ3v) is 3.05. The van der Waals surface area contributed by atoms with Gasteiger partial charge >= 0.3 is 0 Å². The van der Waals surface area contributed by atoms with Crippen molar-refractivity contribution in [3.8, 4) is 11.5 Å². The lowest BCUT2D eigenvalue weighted by Gasteiger charge is -2.10. The molecular formula is C12H11ClN2O3. The Balaban J connectivity index is 2.00. The normalized spacial score (nSPS) is 14.8.